The fourth-order valence-corrected chi connectivity index (χ4v) is 2.77. The summed E-state index contributed by atoms with van der Waals surface area (Å²) in [7, 11) is 1.52. The topological polar surface area (TPSA) is 51.2 Å². The van der Waals surface area contributed by atoms with Gasteiger partial charge in [-0.3, -0.25) is 4.79 Å². The quantitative estimate of drug-likeness (QED) is 0.743. The molecule has 0 saturated heterocycles. The molecule has 0 bridgehead atoms. The molecule has 0 radical (unpaired) electrons. The molecule has 0 saturated carbocycles. The van der Waals surface area contributed by atoms with Gasteiger partial charge in [-0.25, -0.2) is 4.98 Å². The summed E-state index contributed by atoms with van der Waals surface area (Å²) < 4.78 is 6.57. The van der Waals surface area contributed by atoms with Crippen LogP contribution in [0.2, 0.25) is 5.02 Å². The number of pyridine rings is 1. The van der Waals surface area contributed by atoms with Gasteiger partial charge in [-0.2, -0.15) is 0 Å². The maximum Gasteiger partial charge on any atom is 0.257 e. The van der Waals surface area contributed by atoms with Crippen LogP contribution in [0.25, 0.3) is 0 Å². The summed E-state index contributed by atoms with van der Waals surface area (Å²) >= 11 is 12.5. The van der Waals surface area contributed by atoms with Crippen molar-refractivity contribution in [2.24, 2.45) is 0 Å². The van der Waals surface area contributed by atoms with Crippen LogP contribution in [-0.4, -0.2) is 18.0 Å². The van der Waals surface area contributed by atoms with Gasteiger partial charge in [0.25, 0.3) is 5.91 Å². The van der Waals surface area contributed by atoms with Gasteiger partial charge in [-0.05, 0) is 56.1 Å². The van der Waals surface area contributed by atoms with Crippen molar-refractivity contribution in [3.8, 4) is 5.75 Å². The number of ether oxygens (including phenoxy) is 1. The number of hydrogen-bond donors (Lipinski definition) is 1. The van der Waals surface area contributed by atoms with E-state index in [0.29, 0.717) is 31.1 Å². The van der Waals surface area contributed by atoms with Gasteiger partial charge in [0, 0.05) is 11.2 Å². The van der Waals surface area contributed by atoms with Gasteiger partial charge in [0.1, 0.15) is 4.60 Å². The average Bonchev–Trinajstić information content (AvgIpc) is 2.39. The maximum atomic E-state index is 12.1. The predicted molar refractivity (Wildman–Crippen MR) is 85.6 cm³/mol. The Morgan fingerprint density at radius 3 is 2.70 bits per heavy atom. The summed E-state index contributed by atoms with van der Waals surface area (Å²) in [6, 6.07) is 6.67. The second-order valence-corrected chi connectivity index (χ2v) is 5.90. The molecule has 1 amide bonds. The van der Waals surface area contributed by atoms with E-state index < -0.39 is 0 Å². The summed E-state index contributed by atoms with van der Waals surface area (Å²) in [4.78, 5) is 16.1. The van der Waals surface area contributed by atoms with E-state index in [1.807, 2.05) is 0 Å². The minimum absolute atomic E-state index is 0.294. The van der Waals surface area contributed by atoms with Gasteiger partial charge in [0.2, 0.25) is 0 Å². The molecule has 20 heavy (non-hydrogen) atoms. The van der Waals surface area contributed by atoms with Crippen LogP contribution in [0, 0.1) is 0 Å². The van der Waals surface area contributed by atoms with E-state index in [2.05, 4.69) is 42.2 Å². The van der Waals surface area contributed by atoms with Crippen molar-refractivity contribution in [3.05, 3.63) is 50.1 Å². The Balaban J connectivity index is 2.30. The molecule has 0 aliphatic carbocycles. The van der Waals surface area contributed by atoms with Crippen LogP contribution in [0.15, 0.2) is 39.5 Å². The van der Waals surface area contributed by atoms with Crippen LogP contribution in [0.5, 0.6) is 5.75 Å². The number of carbonyl (C=O) groups is 1. The third kappa shape index (κ3) is 3.50. The van der Waals surface area contributed by atoms with Crippen LogP contribution < -0.4 is 10.1 Å². The molecule has 0 unspecified atom stereocenters. The van der Waals surface area contributed by atoms with Crippen molar-refractivity contribution in [1.82, 2.24) is 4.98 Å². The summed E-state index contributed by atoms with van der Waals surface area (Å²) in [5.41, 5.74) is 0.922. The van der Waals surface area contributed by atoms with Crippen molar-refractivity contribution in [3.63, 3.8) is 0 Å². The van der Waals surface area contributed by atoms with Gasteiger partial charge >= 0.3 is 0 Å². The molecule has 104 valence electrons. The molecule has 1 aromatic heterocycles. The number of methoxy groups -OCH3 is 1. The number of aromatic nitrogens is 1. The van der Waals surface area contributed by atoms with Crippen molar-refractivity contribution >= 4 is 55.1 Å². The Hall–Kier alpha value is -1.11. The van der Waals surface area contributed by atoms with Crippen molar-refractivity contribution < 1.29 is 9.53 Å². The first kappa shape index (κ1) is 15.3. The zero-order valence-corrected chi connectivity index (χ0v) is 14.2. The molecular weight excluding hydrogens is 411 g/mol. The van der Waals surface area contributed by atoms with E-state index in [4.69, 9.17) is 16.3 Å². The molecule has 4 nitrogen and oxygen atoms in total. The highest BCUT2D eigenvalue weighted by molar-refractivity contribution is 9.10. The van der Waals surface area contributed by atoms with E-state index >= 15 is 0 Å². The number of benzene rings is 1. The highest BCUT2D eigenvalue weighted by Crippen LogP contribution is 2.36. The lowest BCUT2D eigenvalue weighted by Gasteiger charge is -2.12. The number of amides is 1. The minimum Gasteiger partial charge on any atom is -0.493 e. The zero-order chi connectivity index (χ0) is 14.7. The number of hydrogen-bond acceptors (Lipinski definition) is 3. The molecule has 0 atom stereocenters. The van der Waals surface area contributed by atoms with Crippen LogP contribution in [0.3, 0.4) is 0 Å². The Kier molecular flexibility index (Phi) is 5.01. The molecule has 7 heteroatoms. The fourth-order valence-electron chi connectivity index (χ4n) is 1.57. The lowest BCUT2D eigenvalue weighted by Crippen LogP contribution is -2.13. The third-order valence-electron chi connectivity index (χ3n) is 2.45. The predicted octanol–water partition coefficient (Wildman–Crippen LogP) is 4.52. The second-order valence-electron chi connectivity index (χ2n) is 3.79. The Labute approximate surface area is 137 Å². The van der Waals surface area contributed by atoms with Gasteiger partial charge < -0.3 is 10.1 Å². The summed E-state index contributed by atoms with van der Waals surface area (Å²) in [5.74, 6) is 0.213. The third-order valence-corrected chi connectivity index (χ3v) is 3.73. The van der Waals surface area contributed by atoms with Crippen LogP contribution in [-0.2, 0) is 0 Å². The Morgan fingerprint density at radius 1 is 1.35 bits per heavy atom. The average molecular weight is 420 g/mol. The van der Waals surface area contributed by atoms with Crippen LogP contribution in [0.1, 0.15) is 10.4 Å². The molecule has 2 aromatic rings. The van der Waals surface area contributed by atoms with Crippen LogP contribution >= 0.6 is 43.5 Å². The minimum atomic E-state index is -0.294. The molecule has 0 fully saturated rings. The number of rotatable bonds is 3. The molecule has 0 spiro atoms. The van der Waals surface area contributed by atoms with E-state index in [1.54, 1.807) is 24.3 Å². The lowest BCUT2D eigenvalue weighted by atomic mass is 10.2. The molecule has 1 aromatic carbocycles. The SMILES string of the molecule is COc1c(Br)cc(Cl)cc1NC(=O)c1ccc(Br)nc1. The van der Waals surface area contributed by atoms with E-state index in [1.165, 1.54) is 13.3 Å². The molecule has 2 rings (SSSR count). The smallest absolute Gasteiger partial charge is 0.257 e. The summed E-state index contributed by atoms with van der Waals surface area (Å²) in [5, 5.41) is 3.23. The van der Waals surface area contributed by atoms with Crippen molar-refractivity contribution in [1.29, 1.82) is 0 Å². The highest BCUT2D eigenvalue weighted by atomic mass is 79.9. The van der Waals surface area contributed by atoms with Gasteiger partial charge in [0.05, 0.1) is 22.8 Å². The number of halogens is 3. The largest absolute Gasteiger partial charge is 0.493 e. The number of carbonyl (C=O) groups excluding carboxylic acids is 1. The first-order chi connectivity index (χ1) is 9.51. The fraction of sp³-hybridized carbons (Fsp3) is 0.0769. The first-order valence-corrected chi connectivity index (χ1v) is 7.43. The summed E-state index contributed by atoms with van der Waals surface area (Å²) in [6.45, 7) is 0. The standard InChI is InChI=1S/C13H9Br2ClN2O2/c1-20-12-9(14)4-8(16)5-10(12)18-13(19)7-2-3-11(15)17-6-7/h2-6H,1H3,(H,18,19). The molecule has 1 N–H and O–H groups in total. The van der Waals surface area contributed by atoms with Gasteiger partial charge in [-0.1, -0.05) is 11.6 Å². The number of nitrogens with one attached hydrogen (secondary N) is 1. The maximum absolute atomic E-state index is 12.1. The summed E-state index contributed by atoms with van der Waals surface area (Å²) in [6.07, 6.45) is 1.48. The molecular formula is C13H9Br2ClN2O2. The van der Waals surface area contributed by atoms with Crippen LogP contribution in [0.4, 0.5) is 5.69 Å². The zero-order valence-electron chi connectivity index (χ0n) is 10.3. The number of anilines is 1. The van der Waals surface area contributed by atoms with E-state index in [9.17, 15) is 4.79 Å². The number of nitrogens with zero attached hydrogens (tertiary/aromatic N) is 1. The second kappa shape index (κ2) is 6.56. The van der Waals surface area contributed by atoms with E-state index in [0.717, 1.165) is 0 Å². The Morgan fingerprint density at radius 2 is 2.10 bits per heavy atom. The molecule has 0 aliphatic rings. The van der Waals surface area contributed by atoms with Gasteiger partial charge in [0.15, 0.2) is 5.75 Å². The normalized spacial score (nSPS) is 10.2. The molecule has 1 heterocycles. The van der Waals surface area contributed by atoms with E-state index in [-0.39, 0.29) is 5.91 Å². The van der Waals surface area contributed by atoms with Crippen molar-refractivity contribution in [2.75, 3.05) is 12.4 Å². The monoisotopic (exact) mass is 418 g/mol. The highest BCUT2D eigenvalue weighted by Gasteiger charge is 2.13. The van der Waals surface area contributed by atoms with Gasteiger partial charge in [-0.15, -0.1) is 0 Å². The lowest BCUT2D eigenvalue weighted by molar-refractivity contribution is 0.102. The van der Waals surface area contributed by atoms with Crippen molar-refractivity contribution in [2.45, 2.75) is 0 Å². The first-order valence-electron chi connectivity index (χ1n) is 5.47. The Bertz CT molecular complexity index is 648. The molecule has 0 aliphatic heterocycles.